The third-order valence-corrected chi connectivity index (χ3v) is 3.12. The molecule has 96 valence electrons. The Bertz CT molecular complexity index is 634. The van der Waals surface area contributed by atoms with E-state index in [1.54, 1.807) is 19.2 Å². The molecule has 2 rings (SSSR count). The van der Waals surface area contributed by atoms with Crippen molar-refractivity contribution < 1.29 is 4.74 Å². The van der Waals surface area contributed by atoms with Crippen molar-refractivity contribution in [2.24, 2.45) is 0 Å². The lowest BCUT2D eigenvalue weighted by Crippen LogP contribution is -2.12. The Labute approximate surface area is 117 Å². The Kier molecular flexibility index (Phi) is 3.94. The monoisotopic (exact) mass is 272 g/mol. The summed E-state index contributed by atoms with van der Waals surface area (Å²) in [5.74, 6) is 0.754. The van der Waals surface area contributed by atoms with Crippen LogP contribution in [0.5, 0.6) is 5.75 Å². The molecule has 0 amide bonds. The third-order valence-electron chi connectivity index (χ3n) is 2.89. The van der Waals surface area contributed by atoms with Gasteiger partial charge in [0.05, 0.1) is 24.0 Å². The molecular formula is C15H13ClN2O. The summed E-state index contributed by atoms with van der Waals surface area (Å²) in [6.07, 6.45) is 0. The fourth-order valence-corrected chi connectivity index (χ4v) is 2.10. The predicted octanol–water partition coefficient (Wildman–Crippen LogP) is 3.99. The van der Waals surface area contributed by atoms with Crippen molar-refractivity contribution in [2.45, 2.75) is 0 Å². The molecule has 0 atom stereocenters. The number of methoxy groups -OCH3 is 1. The molecule has 0 fully saturated rings. The first kappa shape index (κ1) is 13.3. The van der Waals surface area contributed by atoms with Crippen LogP contribution in [0.3, 0.4) is 0 Å². The predicted molar refractivity (Wildman–Crippen MR) is 77.2 cm³/mol. The summed E-state index contributed by atoms with van der Waals surface area (Å²) in [6, 6.07) is 15.1. The van der Waals surface area contributed by atoms with E-state index in [0.717, 1.165) is 17.1 Å². The smallest absolute Gasteiger partial charge is 0.142 e. The number of nitriles is 1. The molecule has 0 bridgehead atoms. The first-order chi connectivity index (χ1) is 9.17. The SMILES string of the molecule is COc1ccccc1N(C)c1ccc(Cl)cc1C#N. The second kappa shape index (κ2) is 5.64. The van der Waals surface area contributed by atoms with Crippen molar-refractivity contribution in [2.75, 3.05) is 19.1 Å². The van der Waals surface area contributed by atoms with Gasteiger partial charge in [-0.2, -0.15) is 5.26 Å². The highest BCUT2D eigenvalue weighted by atomic mass is 35.5. The van der Waals surface area contributed by atoms with Gasteiger partial charge >= 0.3 is 0 Å². The summed E-state index contributed by atoms with van der Waals surface area (Å²) in [5.41, 5.74) is 2.21. The zero-order valence-corrected chi connectivity index (χ0v) is 11.5. The Morgan fingerprint density at radius 3 is 2.58 bits per heavy atom. The molecule has 0 radical (unpaired) electrons. The Balaban J connectivity index is 2.50. The molecule has 0 saturated carbocycles. The summed E-state index contributed by atoms with van der Waals surface area (Å²) < 4.78 is 5.33. The van der Waals surface area contributed by atoms with E-state index in [2.05, 4.69) is 6.07 Å². The summed E-state index contributed by atoms with van der Waals surface area (Å²) in [4.78, 5) is 1.91. The van der Waals surface area contributed by atoms with Gasteiger partial charge in [0.25, 0.3) is 0 Å². The molecule has 4 heteroatoms. The van der Waals surface area contributed by atoms with Gasteiger partial charge in [-0.1, -0.05) is 23.7 Å². The highest BCUT2D eigenvalue weighted by Crippen LogP contribution is 2.34. The summed E-state index contributed by atoms with van der Waals surface area (Å²) in [5, 5.41) is 9.75. The molecule has 0 aliphatic heterocycles. The van der Waals surface area contributed by atoms with Gasteiger partial charge in [-0.25, -0.2) is 0 Å². The van der Waals surface area contributed by atoms with E-state index in [4.69, 9.17) is 16.3 Å². The van der Waals surface area contributed by atoms with Crippen LogP contribution in [0.15, 0.2) is 42.5 Å². The van der Waals surface area contributed by atoms with Crippen LogP contribution in [0.25, 0.3) is 0 Å². The molecule has 0 aromatic heterocycles. The maximum atomic E-state index is 9.20. The molecule has 0 heterocycles. The van der Waals surface area contributed by atoms with Gasteiger partial charge < -0.3 is 9.64 Å². The second-order valence-corrected chi connectivity index (χ2v) is 4.44. The average Bonchev–Trinajstić information content (AvgIpc) is 2.46. The number of nitrogens with zero attached hydrogens (tertiary/aromatic N) is 2. The minimum Gasteiger partial charge on any atom is -0.495 e. The molecule has 0 unspecified atom stereocenters. The molecule has 0 aliphatic carbocycles. The minimum absolute atomic E-state index is 0.529. The number of benzene rings is 2. The molecule has 0 spiro atoms. The van der Waals surface area contributed by atoms with Gasteiger partial charge in [-0.3, -0.25) is 0 Å². The lowest BCUT2D eigenvalue weighted by Gasteiger charge is -2.22. The number of para-hydroxylation sites is 2. The Morgan fingerprint density at radius 2 is 1.89 bits per heavy atom. The van der Waals surface area contributed by atoms with Crippen molar-refractivity contribution in [1.82, 2.24) is 0 Å². The van der Waals surface area contributed by atoms with E-state index in [1.807, 2.05) is 42.3 Å². The van der Waals surface area contributed by atoms with Crippen molar-refractivity contribution in [1.29, 1.82) is 5.26 Å². The largest absolute Gasteiger partial charge is 0.495 e. The molecule has 0 aliphatic rings. The van der Waals surface area contributed by atoms with Crippen LogP contribution < -0.4 is 9.64 Å². The maximum absolute atomic E-state index is 9.20. The zero-order chi connectivity index (χ0) is 13.8. The molecule has 0 saturated heterocycles. The standard InChI is InChI=1S/C15H13ClN2O/c1-18(14-5-3-4-6-15(14)19-2)13-8-7-12(16)9-11(13)10-17/h3-9H,1-2H3. The highest BCUT2D eigenvalue weighted by Gasteiger charge is 2.13. The third kappa shape index (κ3) is 2.64. The molecular weight excluding hydrogens is 260 g/mol. The summed E-state index contributed by atoms with van der Waals surface area (Å²) in [7, 11) is 3.52. The van der Waals surface area contributed by atoms with Crippen LogP contribution in [0, 0.1) is 11.3 Å². The Hall–Kier alpha value is -2.18. The molecule has 2 aromatic rings. The second-order valence-electron chi connectivity index (χ2n) is 4.00. The van der Waals surface area contributed by atoms with E-state index in [-0.39, 0.29) is 0 Å². The summed E-state index contributed by atoms with van der Waals surface area (Å²) >= 11 is 5.91. The normalized spacial score (nSPS) is 9.79. The van der Waals surface area contributed by atoms with Gasteiger partial charge in [-0.05, 0) is 30.3 Å². The van der Waals surface area contributed by atoms with Gasteiger partial charge in [-0.15, -0.1) is 0 Å². The van der Waals surface area contributed by atoms with Crippen LogP contribution >= 0.6 is 11.6 Å². The summed E-state index contributed by atoms with van der Waals surface area (Å²) in [6.45, 7) is 0. The van der Waals surface area contributed by atoms with E-state index in [0.29, 0.717) is 10.6 Å². The van der Waals surface area contributed by atoms with E-state index < -0.39 is 0 Å². The van der Waals surface area contributed by atoms with Gasteiger partial charge in [0.1, 0.15) is 11.8 Å². The lowest BCUT2D eigenvalue weighted by molar-refractivity contribution is 0.415. The van der Waals surface area contributed by atoms with Gasteiger partial charge in [0.2, 0.25) is 0 Å². The number of hydrogen-bond acceptors (Lipinski definition) is 3. The van der Waals surface area contributed by atoms with Crippen molar-refractivity contribution >= 4 is 23.0 Å². The zero-order valence-electron chi connectivity index (χ0n) is 10.7. The fraction of sp³-hybridized carbons (Fsp3) is 0.133. The topological polar surface area (TPSA) is 36.3 Å². The number of ether oxygens (including phenoxy) is 1. The molecule has 2 aromatic carbocycles. The fourth-order valence-electron chi connectivity index (χ4n) is 1.93. The molecule has 3 nitrogen and oxygen atoms in total. The number of anilines is 2. The van der Waals surface area contributed by atoms with Crippen LogP contribution in [-0.2, 0) is 0 Å². The molecule has 19 heavy (non-hydrogen) atoms. The maximum Gasteiger partial charge on any atom is 0.142 e. The highest BCUT2D eigenvalue weighted by molar-refractivity contribution is 6.30. The van der Waals surface area contributed by atoms with Gasteiger partial charge in [0.15, 0.2) is 0 Å². The van der Waals surface area contributed by atoms with E-state index in [1.165, 1.54) is 0 Å². The van der Waals surface area contributed by atoms with Crippen LogP contribution in [0.2, 0.25) is 5.02 Å². The first-order valence-electron chi connectivity index (χ1n) is 5.73. The molecule has 0 N–H and O–H groups in total. The Morgan fingerprint density at radius 1 is 1.16 bits per heavy atom. The lowest BCUT2D eigenvalue weighted by atomic mass is 10.1. The minimum atomic E-state index is 0.529. The van der Waals surface area contributed by atoms with Crippen molar-refractivity contribution in [3.63, 3.8) is 0 Å². The van der Waals surface area contributed by atoms with E-state index in [9.17, 15) is 5.26 Å². The van der Waals surface area contributed by atoms with Crippen molar-refractivity contribution in [3.8, 4) is 11.8 Å². The first-order valence-corrected chi connectivity index (χ1v) is 6.11. The van der Waals surface area contributed by atoms with Crippen molar-refractivity contribution in [3.05, 3.63) is 53.1 Å². The number of rotatable bonds is 3. The van der Waals surface area contributed by atoms with Crippen LogP contribution in [-0.4, -0.2) is 14.2 Å². The average molecular weight is 273 g/mol. The van der Waals surface area contributed by atoms with E-state index >= 15 is 0 Å². The number of halogens is 1. The van der Waals surface area contributed by atoms with Crippen LogP contribution in [0.1, 0.15) is 5.56 Å². The number of hydrogen-bond donors (Lipinski definition) is 0. The van der Waals surface area contributed by atoms with Crippen LogP contribution in [0.4, 0.5) is 11.4 Å². The quantitative estimate of drug-likeness (QED) is 0.848. The van der Waals surface area contributed by atoms with Gasteiger partial charge in [0, 0.05) is 12.1 Å².